The Kier molecular flexibility index (Phi) is 2.89. The second kappa shape index (κ2) is 4.21. The number of thioether (sulfide) groups is 1. The number of benzene rings is 1. The third-order valence-electron chi connectivity index (χ3n) is 2.43. The molecular formula is C11H9NO4S. The van der Waals surface area contributed by atoms with Crippen molar-refractivity contribution in [3.63, 3.8) is 0 Å². The van der Waals surface area contributed by atoms with Gasteiger partial charge in [-0.25, -0.2) is 0 Å². The number of hydrogen-bond donors (Lipinski definition) is 1. The van der Waals surface area contributed by atoms with E-state index in [2.05, 4.69) is 0 Å². The molecule has 0 aromatic heterocycles. The van der Waals surface area contributed by atoms with Crippen molar-refractivity contribution in [1.29, 1.82) is 0 Å². The van der Waals surface area contributed by atoms with Crippen LogP contribution in [0.4, 0.5) is 0 Å². The Bertz CT molecular complexity index is 526. The molecule has 1 aromatic carbocycles. The summed E-state index contributed by atoms with van der Waals surface area (Å²) >= 11 is 1.04. The number of hydrogen-bond acceptors (Lipinski definition) is 4. The second-order valence-electron chi connectivity index (χ2n) is 3.53. The number of imide groups is 1. The van der Waals surface area contributed by atoms with Crippen LogP contribution in [0.3, 0.4) is 0 Å². The number of rotatable bonds is 3. The van der Waals surface area contributed by atoms with Crippen molar-refractivity contribution in [2.75, 3.05) is 12.8 Å². The molecule has 1 heterocycles. The SMILES string of the molecule is CN1C(=O)c2cccc(SCC(=O)O)c2C1=O. The molecule has 1 aliphatic heterocycles. The highest BCUT2D eigenvalue weighted by molar-refractivity contribution is 8.00. The number of carbonyl (C=O) groups is 3. The normalized spacial score (nSPS) is 14.1. The van der Waals surface area contributed by atoms with E-state index in [9.17, 15) is 14.4 Å². The van der Waals surface area contributed by atoms with E-state index >= 15 is 0 Å². The van der Waals surface area contributed by atoms with Crippen LogP contribution in [0, 0.1) is 0 Å². The Morgan fingerprint density at radius 2 is 2.06 bits per heavy atom. The van der Waals surface area contributed by atoms with Gasteiger partial charge in [-0.05, 0) is 12.1 Å². The Labute approximate surface area is 101 Å². The van der Waals surface area contributed by atoms with Crippen molar-refractivity contribution in [1.82, 2.24) is 4.90 Å². The summed E-state index contributed by atoms with van der Waals surface area (Å²) in [5.74, 6) is -1.82. The third kappa shape index (κ3) is 1.91. The van der Waals surface area contributed by atoms with Crippen molar-refractivity contribution in [3.8, 4) is 0 Å². The molecule has 17 heavy (non-hydrogen) atoms. The maximum absolute atomic E-state index is 11.8. The molecule has 0 saturated heterocycles. The smallest absolute Gasteiger partial charge is 0.313 e. The van der Waals surface area contributed by atoms with Gasteiger partial charge in [-0.15, -0.1) is 11.8 Å². The van der Waals surface area contributed by atoms with Crippen molar-refractivity contribution in [2.24, 2.45) is 0 Å². The molecule has 0 bridgehead atoms. The molecule has 1 aromatic rings. The lowest BCUT2D eigenvalue weighted by molar-refractivity contribution is -0.133. The van der Waals surface area contributed by atoms with E-state index in [1.54, 1.807) is 18.2 Å². The number of carboxylic acids is 1. The zero-order valence-electron chi connectivity index (χ0n) is 8.97. The van der Waals surface area contributed by atoms with Crippen LogP contribution >= 0.6 is 11.8 Å². The highest BCUT2D eigenvalue weighted by Gasteiger charge is 2.34. The maximum atomic E-state index is 11.8. The van der Waals surface area contributed by atoms with Crippen LogP contribution in [0.2, 0.25) is 0 Å². The summed E-state index contributed by atoms with van der Waals surface area (Å²) in [4.78, 5) is 35.6. The Balaban J connectivity index is 2.41. The molecule has 0 aliphatic carbocycles. The van der Waals surface area contributed by atoms with E-state index in [0.29, 0.717) is 16.0 Å². The molecule has 2 amide bonds. The summed E-state index contributed by atoms with van der Waals surface area (Å²) in [5, 5.41) is 8.61. The molecule has 0 atom stereocenters. The molecule has 5 nitrogen and oxygen atoms in total. The average Bonchev–Trinajstić information content (AvgIpc) is 2.52. The topological polar surface area (TPSA) is 74.7 Å². The fraction of sp³-hybridized carbons (Fsp3) is 0.182. The summed E-state index contributed by atoms with van der Waals surface area (Å²) < 4.78 is 0. The van der Waals surface area contributed by atoms with E-state index in [-0.39, 0.29) is 17.6 Å². The van der Waals surface area contributed by atoms with E-state index in [1.165, 1.54) is 7.05 Å². The molecule has 0 saturated carbocycles. The first-order chi connectivity index (χ1) is 8.02. The molecule has 6 heteroatoms. The Morgan fingerprint density at radius 3 is 2.71 bits per heavy atom. The lowest BCUT2D eigenvalue weighted by Crippen LogP contribution is -2.24. The number of carboxylic acid groups (broad SMARTS) is 1. The predicted molar refractivity (Wildman–Crippen MR) is 61.2 cm³/mol. The summed E-state index contributed by atoms with van der Waals surface area (Å²) in [7, 11) is 1.41. The van der Waals surface area contributed by atoms with Gasteiger partial charge in [0.15, 0.2) is 0 Å². The zero-order chi connectivity index (χ0) is 12.6. The molecule has 2 rings (SSSR count). The van der Waals surface area contributed by atoms with E-state index in [0.717, 1.165) is 16.7 Å². The highest BCUT2D eigenvalue weighted by Crippen LogP contribution is 2.31. The maximum Gasteiger partial charge on any atom is 0.313 e. The van der Waals surface area contributed by atoms with Crippen LogP contribution in [0.15, 0.2) is 23.1 Å². The second-order valence-corrected chi connectivity index (χ2v) is 4.55. The lowest BCUT2D eigenvalue weighted by atomic mass is 10.1. The number of amides is 2. The van der Waals surface area contributed by atoms with Crippen molar-refractivity contribution in [3.05, 3.63) is 29.3 Å². The minimum atomic E-state index is -0.960. The van der Waals surface area contributed by atoms with Crippen LogP contribution in [-0.2, 0) is 4.79 Å². The van der Waals surface area contributed by atoms with Gasteiger partial charge in [0.25, 0.3) is 11.8 Å². The van der Waals surface area contributed by atoms with Crippen LogP contribution in [0.5, 0.6) is 0 Å². The molecule has 1 aliphatic rings. The van der Waals surface area contributed by atoms with E-state index in [1.807, 2.05) is 0 Å². The van der Waals surface area contributed by atoms with Gasteiger partial charge in [-0.3, -0.25) is 19.3 Å². The van der Waals surface area contributed by atoms with Crippen molar-refractivity contribution >= 4 is 29.5 Å². The molecule has 88 valence electrons. The van der Waals surface area contributed by atoms with E-state index in [4.69, 9.17) is 5.11 Å². The molecule has 0 unspecified atom stereocenters. The highest BCUT2D eigenvalue weighted by atomic mass is 32.2. The quantitative estimate of drug-likeness (QED) is 0.643. The number of carbonyl (C=O) groups excluding carboxylic acids is 2. The molecule has 0 radical (unpaired) electrons. The van der Waals surface area contributed by atoms with Crippen LogP contribution < -0.4 is 0 Å². The van der Waals surface area contributed by atoms with Gasteiger partial charge in [0, 0.05) is 11.9 Å². The van der Waals surface area contributed by atoms with Gasteiger partial charge in [0.05, 0.1) is 16.9 Å². The fourth-order valence-electron chi connectivity index (χ4n) is 1.63. The molecule has 0 spiro atoms. The first-order valence-electron chi connectivity index (χ1n) is 4.82. The minimum absolute atomic E-state index is 0.137. The van der Waals surface area contributed by atoms with Crippen molar-refractivity contribution < 1.29 is 19.5 Å². The molecule has 0 fully saturated rings. The van der Waals surface area contributed by atoms with Gasteiger partial charge >= 0.3 is 5.97 Å². The Hall–Kier alpha value is -1.82. The van der Waals surface area contributed by atoms with Crippen LogP contribution in [0.25, 0.3) is 0 Å². The standard InChI is InChI=1S/C11H9NO4S/c1-12-10(15)6-3-2-4-7(9(6)11(12)16)17-5-8(13)14/h2-4H,5H2,1H3,(H,13,14). The number of aliphatic carboxylic acids is 1. The molecule has 1 N–H and O–H groups in total. The Morgan fingerprint density at radius 1 is 1.35 bits per heavy atom. The van der Waals surface area contributed by atoms with E-state index < -0.39 is 5.97 Å². The minimum Gasteiger partial charge on any atom is -0.481 e. The summed E-state index contributed by atoms with van der Waals surface area (Å²) in [6.07, 6.45) is 0. The lowest BCUT2D eigenvalue weighted by Gasteiger charge is -2.05. The van der Waals surface area contributed by atoms with Gasteiger partial charge in [-0.2, -0.15) is 0 Å². The summed E-state index contributed by atoms with van der Waals surface area (Å²) in [6, 6.07) is 4.87. The zero-order valence-corrected chi connectivity index (χ0v) is 9.78. The van der Waals surface area contributed by atoms with Gasteiger partial charge < -0.3 is 5.11 Å². The van der Waals surface area contributed by atoms with Gasteiger partial charge in [-0.1, -0.05) is 6.07 Å². The van der Waals surface area contributed by atoms with Crippen molar-refractivity contribution in [2.45, 2.75) is 4.90 Å². The van der Waals surface area contributed by atoms with Gasteiger partial charge in [0.2, 0.25) is 0 Å². The number of nitrogens with zero attached hydrogens (tertiary/aromatic N) is 1. The number of fused-ring (bicyclic) bond motifs is 1. The first-order valence-corrected chi connectivity index (χ1v) is 5.81. The summed E-state index contributed by atoms with van der Waals surface area (Å²) in [6.45, 7) is 0. The average molecular weight is 251 g/mol. The predicted octanol–water partition coefficient (Wildman–Crippen LogP) is 1.09. The van der Waals surface area contributed by atoms with Crippen LogP contribution in [-0.4, -0.2) is 40.6 Å². The van der Waals surface area contributed by atoms with Crippen LogP contribution in [0.1, 0.15) is 20.7 Å². The molecular weight excluding hydrogens is 242 g/mol. The monoisotopic (exact) mass is 251 g/mol. The fourth-order valence-corrected chi connectivity index (χ4v) is 2.43. The first kappa shape index (κ1) is 11.7. The largest absolute Gasteiger partial charge is 0.481 e. The third-order valence-corrected chi connectivity index (χ3v) is 3.47. The summed E-state index contributed by atoms with van der Waals surface area (Å²) in [5.41, 5.74) is 0.652. The van der Waals surface area contributed by atoms with Gasteiger partial charge in [0.1, 0.15) is 0 Å².